The third-order valence-corrected chi connectivity index (χ3v) is 4.20. The van der Waals surface area contributed by atoms with Crippen LogP contribution in [0.15, 0.2) is 17.3 Å². The lowest BCUT2D eigenvalue weighted by molar-refractivity contribution is 0.468. The second-order valence-corrected chi connectivity index (χ2v) is 5.94. The number of nitroso groups, excluding NO2 is 1. The van der Waals surface area contributed by atoms with E-state index in [1.807, 2.05) is 13.0 Å². The number of unbranched alkanes of at least 4 members (excludes halogenated alkanes) is 6. The van der Waals surface area contributed by atoms with Gasteiger partial charge in [-0.05, 0) is 49.4 Å². The SMILES string of the molecule is CCCCCCCCCc1ccc(O)c(C)c1C(C)N=O. The van der Waals surface area contributed by atoms with Gasteiger partial charge in [0, 0.05) is 0 Å². The highest BCUT2D eigenvalue weighted by Crippen LogP contribution is 2.31. The maximum absolute atomic E-state index is 10.9. The summed E-state index contributed by atoms with van der Waals surface area (Å²) < 4.78 is 0. The smallest absolute Gasteiger partial charge is 0.118 e. The number of phenols is 1. The van der Waals surface area contributed by atoms with Crippen molar-refractivity contribution in [3.05, 3.63) is 33.7 Å². The van der Waals surface area contributed by atoms with Crippen molar-refractivity contribution in [2.45, 2.75) is 78.2 Å². The third-order valence-electron chi connectivity index (χ3n) is 4.20. The first kappa shape index (κ1) is 17.7. The molecule has 0 radical (unpaired) electrons. The topological polar surface area (TPSA) is 49.7 Å². The minimum absolute atomic E-state index is 0.254. The highest BCUT2D eigenvalue weighted by Gasteiger charge is 2.16. The third kappa shape index (κ3) is 5.49. The molecule has 0 saturated heterocycles. The molecular formula is C18H29NO2. The summed E-state index contributed by atoms with van der Waals surface area (Å²) in [6.07, 6.45) is 9.89. The largest absolute Gasteiger partial charge is 0.508 e. The van der Waals surface area contributed by atoms with Crippen LogP contribution in [0.2, 0.25) is 0 Å². The molecule has 0 aromatic heterocycles. The van der Waals surface area contributed by atoms with Crippen molar-refractivity contribution < 1.29 is 5.11 Å². The molecule has 0 amide bonds. The quantitative estimate of drug-likeness (QED) is 0.436. The molecule has 0 spiro atoms. The minimum Gasteiger partial charge on any atom is -0.508 e. The van der Waals surface area contributed by atoms with Gasteiger partial charge in [0.05, 0.1) is 0 Å². The van der Waals surface area contributed by atoms with Crippen molar-refractivity contribution in [3.8, 4) is 5.75 Å². The molecule has 0 aliphatic heterocycles. The van der Waals surface area contributed by atoms with Crippen molar-refractivity contribution >= 4 is 0 Å². The molecule has 3 nitrogen and oxygen atoms in total. The molecular weight excluding hydrogens is 262 g/mol. The Morgan fingerprint density at radius 1 is 1.10 bits per heavy atom. The summed E-state index contributed by atoms with van der Waals surface area (Å²) in [4.78, 5) is 10.9. The second kappa shape index (κ2) is 9.54. The highest BCUT2D eigenvalue weighted by molar-refractivity contribution is 5.45. The van der Waals surface area contributed by atoms with E-state index < -0.39 is 6.04 Å². The van der Waals surface area contributed by atoms with Crippen LogP contribution in [0.3, 0.4) is 0 Å². The molecule has 0 bridgehead atoms. The Morgan fingerprint density at radius 3 is 2.33 bits per heavy atom. The fraction of sp³-hybridized carbons (Fsp3) is 0.667. The maximum Gasteiger partial charge on any atom is 0.118 e. The van der Waals surface area contributed by atoms with Crippen LogP contribution in [0.5, 0.6) is 5.75 Å². The van der Waals surface area contributed by atoms with E-state index in [0.717, 1.165) is 29.5 Å². The Hall–Kier alpha value is -1.38. The molecule has 1 aromatic carbocycles. The van der Waals surface area contributed by atoms with Crippen molar-refractivity contribution in [1.29, 1.82) is 0 Å². The van der Waals surface area contributed by atoms with Gasteiger partial charge in [0.1, 0.15) is 11.8 Å². The fourth-order valence-electron chi connectivity index (χ4n) is 2.90. The molecule has 0 heterocycles. The van der Waals surface area contributed by atoms with E-state index in [1.165, 1.54) is 38.5 Å². The van der Waals surface area contributed by atoms with E-state index in [0.29, 0.717) is 0 Å². The monoisotopic (exact) mass is 291 g/mol. The first-order chi connectivity index (χ1) is 10.1. The molecule has 118 valence electrons. The molecule has 0 aliphatic carbocycles. The van der Waals surface area contributed by atoms with Crippen LogP contribution in [0.4, 0.5) is 0 Å². The summed E-state index contributed by atoms with van der Waals surface area (Å²) in [6, 6.07) is 3.28. The van der Waals surface area contributed by atoms with Gasteiger partial charge in [0.25, 0.3) is 0 Å². The van der Waals surface area contributed by atoms with E-state index >= 15 is 0 Å². The van der Waals surface area contributed by atoms with Gasteiger partial charge in [0.15, 0.2) is 0 Å². The van der Waals surface area contributed by atoms with E-state index in [1.54, 1.807) is 13.0 Å². The lowest BCUT2D eigenvalue weighted by Crippen LogP contribution is -2.01. The van der Waals surface area contributed by atoms with Crippen molar-refractivity contribution in [2.24, 2.45) is 5.18 Å². The van der Waals surface area contributed by atoms with Crippen molar-refractivity contribution in [1.82, 2.24) is 0 Å². The Kier molecular flexibility index (Phi) is 8.03. The summed E-state index contributed by atoms with van der Waals surface area (Å²) in [5.74, 6) is 0.254. The Balaban J connectivity index is 2.55. The first-order valence-corrected chi connectivity index (χ1v) is 8.25. The molecule has 0 aliphatic rings. The average molecular weight is 291 g/mol. The van der Waals surface area contributed by atoms with E-state index in [9.17, 15) is 10.0 Å². The number of phenolic OH excluding ortho intramolecular Hbond substituents is 1. The first-order valence-electron chi connectivity index (χ1n) is 8.25. The van der Waals surface area contributed by atoms with Crippen LogP contribution in [0.1, 0.15) is 81.5 Å². The van der Waals surface area contributed by atoms with E-state index in [2.05, 4.69) is 12.1 Å². The van der Waals surface area contributed by atoms with Gasteiger partial charge in [-0.15, -0.1) is 0 Å². The van der Waals surface area contributed by atoms with Gasteiger partial charge >= 0.3 is 0 Å². The number of hydrogen-bond donors (Lipinski definition) is 1. The van der Waals surface area contributed by atoms with E-state index in [-0.39, 0.29) is 5.75 Å². The van der Waals surface area contributed by atoms with Crippen LogP contribution < -0.4 is 0 Å². The number of aromatic hydroxyl groups is 1. The van der Waals surface area contributed by atoms with Crippen LogP contribution in [0, 0.1) is 11.8 Å². The molecule has 21 heavy (non-hydrogen) atoms. The normalized spacial score (nSPS) is 12.3. The molecule has 1 atom stereocenters. The molecule has 3 heteroatoms. The lowest BCUT2D eigenvalue weighted by atomic mass is 9.92. The molecule has 0 saturated carbocycles. The fourth-order valence-corrected chi connectivity index (χ4v) is 2.90. The maximum atomic E-state index is 10.9. The highest BCUT2D eigenvalue weighted by atomic mass is 16.3. The standard InChI is InChI=1S/C18H29NO2/c1-4-5-6-7-8-9-10-11-16-12-13-17(20)14(2)18(16)15(3)19-21/h12-13,15,20H,4-11H2,1-3H3. The van der Waals surface area contributed by atoms with Gasteiger partial charge in [0.2, 0.25) is 0 Å². The van der Waals surface area contributed by atoms with Gasteiger partial charge in [-0.25, -0.2) is 0 Å². The van der Waals surface area contributed by atoms with Gasteiger partial charge in [-0.2, -0.15) is 4.91 Å². The summed E-state index contributed by atoms with van der Waals surface area (Å²) in [7, 11) is 0. The summed E-state index contributed by atoms with van der Waals surface area (Å²) >= 11 is 0. The molecule has 1 aromatic rings. The Bertz CT molecular complexity index is 443. The molecule has 0 fully saturated rings. The number of aryl methyl sites for hydroxylation is 1. The van der Waals surface area contributed by atoms with E-state index in [4.69, 9.17) is 0 Å². The molecule has 1 unspecified atom stereocenters. The number of benzene rings is 1. The van der Waals surface area contributed by atoms with Crippen LogP contribution in [-0.4, -0.2) is 5.11 Å². The van der Waals surface area contributed by atoms with Crippen LogP contribution >= 0.6 is 0 Å². The second-order valence-electron chi connectivity index (χ2n) is 5.94. The zero-order valence-corrected chi connectivity index (χ0v) is 13.7. The number of rotatable bonds is 10. The van der Waals surface area contributed by atoms with Crippen LogP contribution in [-0.2, 0) is 6.42 Å². The Labute approximate surface area is 128 Å². The summed E-state index contributed by atoms with van der Waals surface area (Å²) in [5.41, 5.74) is 2.87. The summed E-state index contributed by atoms with van der Waals surface area (Å²) in [6.45, 7) is 5.89. The number of hydrogen-bond acceptors (Lipinski definition) is 3. The summed E-state index contributed by atoms with van der Waals surface area (Å²) in [5, 5.41) is 13.0. The van der Waals surface area contributed by atoms with Gasteiger partial charge in [-0.1, -0.05) is 56.7 Å². The van der Waals surface area contributed by atoms with Gasteiger partial charge < -0.3 is 5.11 Å². The minimum atomic E-state index is -0.392. The predicted molar refractivity (Wildman–Crippen MR) is 88.8 cm³/mol. The molecule has 1 rings (SSSR count). The molecule has 1 N–H and O–H groups in total. The van der Waals surface area contributed by atoms with Crippen molar-refractivity contribution in [3.63, 3.8) is 0 Å². The zero-order chi connectivity index (χ0) is 15.7. The number of nitrogens with zero attached hydrogens (tertiary/aromatic N) is 1. The predicted octanol–water partition coefficient (Wildman–Crippen LogP) is 5.82. The van der Waals surface area contributed by atoms with Gasteiger partial charge in [-0.3, -0.25) is 0 Å². The zero-order valence-electron chi connectivity index (χ0n) is 13.7. The van der Waals surface area contributed by atoms with Crippen molar-refractivity contribution in [2.75, 3.05) is 0 Å². The Morgan fingerprint density at radius 2 is 1.71 bits per heavy atom. The van der Waals surface area contributed by atoms with Crippen LogP contribution in [0.25, 0.3) is 0 Å². The lowest BCUT2D eigenvalue weighted by Gasteiger charge is -2.15. The average Bonchev–Trinajstić information content (AvgIpc) is 2.49.